The minimum atomic E-state index is -0.453. The van der Waals surface area contributed by atoms with Gasteiger partial charge < -0.3 is 9.47 Å². The lowest BCUT2D eigenvalue weighted by Crippen LogP contribution is -2.35. The van der Waals surface area contributed by atoms with Crippen LogP contribution in [0, 0.1) is 11.8 Å². The van der Waals surface area contributed by atoms with E-state index < -0.39 is 5.97 Å². The first kappa shape index (κ1) is 16.2. The molecule has 4 nitrogen and oxygen atoms in total. The van der Waals surface area contributed by atoms with Gasteiger partial charge in [-0.3, -0.25) is 4.79 Å². The number of carbonyl (C=O) groups excluding carboxylic acids is 2. The van der Waals surface area contributed by atoms with E-state index in [1.165, 1.54) is 0 Å². The van der Waals surface area contributed by atoms with Crippen molar-refractivity contribution < 1.29 is 19.1 Å². The molecule has 0 amide bonds. The average Bonchev–Trinajstić information content (AvgIpc) is 2.64. The highest BCUT2D eigenvalue weighted by Crippen LogP contribution is 2.46. The Hall–Kier alpha value is -1.16. The number of rotatable bonds is 3. The maximum Gasteiger partial charge on any atom is 0.341 e. The molecule has 0 heterocycles. The number of ketones is 1. The first-order valence-corrected chi connectivity index (χ1v) is 7.85. The maximum absolute atomic E-state index is 12.2. The van der Waals surface area contributed by atoms with Gasteiger partial charge in [-0.1, -0.05) is 6.92 Å². The molecule has 2 rings (SSSR count). The van der Waals surface area contributed by atoms with Gasteiger partial charge in [0.05, 0.1) is 18.3 Å². The third kappa shape index (κ3) is 3.37. The lowest BCUT2D eigenvalue weighted by Gasteiger charge is -2.32. The van der Waals surface area contributed by atoms with Crippen molar-refractivity contribution in [2.75, 3.05) is 6.61 Å². The van der Waals surface area contributed by atoms with E-state index in [9.17, 15) is 9.59 Å². The zero-order chi connectivity index (χ0) is 15.8. The molecule has 0 aliphatic heterocycles. The molecule has 3 atom stereocenters. The predicted octanol–water partition coefficient (Wildman–Crippen LogP) is 3.05. The van der Waals surface area contributed by atoms with Crippen LogP contribution >= 0.6 is 0 Å². The molecule has 0 spiro atoms. The van der Waals surface area contributed by atoms with Crippen molar-refractivity contribution in [2.24, 2.45) is 11.8 Å². The van der Waals surface area contributed by atoms with Crippen molar-refractivity contribution in [3.63, 3.8) is 0 Å². The molecule has 118 valence electrons. The van der Waals surface area contributed by atoms with Crippen LogP contribution in [0.5, 0.6) is 0 Å². The minimum absolute atomic E-state index is 0.0664. The van der Waals surface area contributed by atoms with Crippen LogP contribution in [0.25, 0.3) is 0 Å². The van der Waals surface area contributed by atoms with Crippen LogP contribution in [-0.2, 0) is 19.1 Å². The van der Waals surface area contributed by atoms with Gasteiger partial charge in [-0.05, 0) is 52.0 Å². The van der Waals surface area contributed by atoms with Crippen molar-refractivity contribution in [2.45, 2.75) is 65.6 Å². The highest BCUT2D eigenvalue weighted by atomic mass is 16.5. The van der Waals surface area contributed by atoms with E-state index in [0.717, 1.165) is 18.4 Å². The van der Waals surface area contributed by atoms with Crippen molar-refractivity contribution in [3.05, 3.63) is 11.1 Å². The Morgan fingerprint density at radius 1 is 1.33 bits per heavy atom. The van der Waals surface area contributed by atoms with Crippen LogP contribution in [-0.4, -0.2) is 30.1 Å². The number of fused-ring (bicyclic) bond motifs is 1. The number of ether oxygens (including phenoxy) is 2. The molecule has 1 saturated carbocycles. The van der Waals surface area contributed by atoms with Crippen LogP contribution in [0.2, 0.25) is 0 Å². The number of hydrogen-bond acceptors (Lipinski definition) is 4. The molecule has 0 saturated heterocycles. The van der Waals surface area contributed by atoms with Gasteiger partial charge in [0.25, 0.3) is 0 Å². The lowest BCUT2D eigenvalue weighted by molar-refractivity contribution is -0.140. The molecule has 1 fully saturated rings. The molecule has 0 bridgehead atoms. The topological polar surface area (TPSA) is 52.6 Å². The lowest BCUT2D eigenvalue weighted by atomic mass is 9.83. The quantitative estimate of drug-likeness (QED) is 0.593. The SMILES string of the molecule is CCOC(=O)C1=C2CC(C)[C@@H](OC(C)(C)C)C2CCC1=O. The molecule has 2 aliphatic carbocycles. The number of Topliss-reactive ketones (excluding diaryl/α,β-unsaturated/α-hetero) is 1. The number of hydrogen-bond donors (Lipinski definition) is 0. The van der Waals surface area contributed by atoms with Crippen LogP contribution in [0.4, 0.5) is 0 Å². The fourth-order valence-electron chi connectivity index (χ4n) is 3.48. The summed E-state index contributed by atoms with van der Waals surface area (Å²) in [7, 11) is 0. The molecule has 2 unspecified atom stereocenters. The first-order chi connectivity index (χ1) is 9.74. The molecule has 0 aromatic heterocycles. The van der Waals surface area contributed by atoms with Crippen molar-refractivity contribution in [1.29, 1.82) is 0 Å². The monoisotopic (exact) mass is 294 g/mol. The molecule has 0 N–H and O–H groups in total. The normalized spacial score (nSPS) is 29.6. The van der Waals surface area contributed by atoms with Gasteiger partial charge in [0.1, 0.15) is 5.57 Å². The summed E-state index contributed by atoms with van der Waals surface area (Å²) < 4.78 is 11.3. The molecule has 0 aromatic rings. The third-order valence-electron chi connectivity index (χ3n) is 4.20. The van der Waals surface area contributed by atoms with E-state index in [2.05, 4.69) is 6.92 Å². The number of esters is 1. The van der Waals surface area contributed by atoms with Crippen molar-refractivity contribution in [1.82, 2.24) is 0 Å². The summed E-state index contributed by atoms with van der Waals surface area (Å²) in [6.45, 7) is 10.3. The highest BCUT2D eigenvalue weighted by Gasteiger charge is 2.45. The molecular formula is C17H26O4. The van der Waals surface area contributed by atoms with Gasteiger partial charge in [-0.15, -0.1) is 0 Å². The zero-order valence-electron chi connectivity index (χ0n) is 13.7. The van der Waals surface area contributed by atoms with Crippen LogP contribution in [0.1, 0.15) is 53.9 Å². The Morgan fingerprint density at radius 2 is 2.00 bits per heavy atom. The third-order valence-corrected chi connectivity index (χ3v) is 4.20. The second-order valence-electron chi connectivity index (χ2n) is 7.07. The summed E-state index contributed by atoms with van der Waals surface area (Å²) in [5, 5.41) is 0. The summed E-state index contributed by atoms with van der Waals surface area (Å²) in [4.78, 5) is 24.3. The van der Waals surface area contributed by atoms with Gasteiger partial charge in [0.2, 0.25) is 0 Å². The zero-order valence-corrected chi connectivity index (χ0v) is 13.7. The summed E-state index contributed by atoms with van der Waals surface area (Å²) in [5.41, 5.74) is 1.05. The summed E-state index contributed by atoms with van der Waals surface area (Å²) in [6.07, 6.45) is 2.03. The van der Waals surface area contributed by atoms with E-state index in [1.807, 2.05) is 20.8 Å². The van der Waals surface area contributed by atoms with E-state index in [-0.39, 0.29) is 23.4 Å². The Kier molecular flexibility index (Phi) is 4.57. The fraction of sp³-hybridized carbons (Fsp3) is 0.765. The second-order valence-corrected chi connectivity index (χ2v) is 7.07. The maximum atomic E-state index is 12.2. The van der Waals surface area contributed by atoms with Crippen LogP contribution < -0.4 is 0 Å². The van der Waals surface area contributed by atoms with Crippen molar-refractivity contribution in [3.8, 4) is 0 Å². The Labute approximate surface area is 126 Å². The van der Waals surface area contributed by atoms with Gasteiger partial charge in [-0.2, -0.15) is 0 Å². The van der Waals surface area contributed by atoms with Crippen LogP contribution in [0.15, 0.2) is 11.1 Å². The standard InChI is InChI=1S/C17H26O4/c1-6-20-16(19)14-12-9-10(2)15(21-17(3,4)5)11(12)7-8-13(14)18/h10-11,15H,6-9H2,1-5H3/t10?,11?,15-/m1/s1. The summed E-state index contributed by atoms with van der Waals surface area (Å²) in [6, 6.07) is 0. The predicted molar refractivity (Wildman–Crippen MR) is 79.8 cm³/mol. The van der Waals surface area contributed by atoms with E-state index >= 15 is 0 Å². The molecular weight excluding hydrogens is 268 g/mol. The Morgan fingerprint density at radius 3 is 2.57 bits per heavy atom. The molecule has 21 heavy (non-hydrogen) atoms. The number of carbonyl (C=O) groups is 2. The average molecular weight is 294 g/mol. The van der Waals surface area contributed by atoms with Gasteiger partial charge >= 0.3 is 5.97 Å². The van der Waals surface area contributed by atoms with E-state index in [0.29, 0.717) is 24.5 Å². The van der Waals surface area contributed by atoms with E-state index in [4.69, 9.17) is 9.47 Å². The highest BCUT2D eigenvalue weighted by molar-refractivity contribution is 6.18. The van der Waals surface area contributed by atoms with Gasteiger partial charge in [0, 0.05) is 12.3 Å². The van der Waals surface area contributed by atoms with E-state index in [1.54, 1.807) is 6.92 Å². The molecule has 4 heteroatoms. The largest absolute Gasteiger partial charge is 0.462 e. The second kappa shape index (κ2) is 5.91. The molecule has 0 radical (unpaired) electrons. The summed E-state index contributed by atoms with van der Waals surface area (Å²) >= 11 is 0. The summed E-state index contributed by atoms with van der Waals surface area (Å²) in [5.74, 6) is -0.0231. The first-order valence-electron chi connectivity index (χ1n) is 7.85. The van der Waals surface area contributed by atoms with Gasteiger partial charge in [0.15, 0.2) is 5.78 Å². The Bertz CT molecular complexity index is 470. The van der Waals surface area contributed by atoms with Crippen molar-refractivity contribution >= 4 is 11.8 Å². The molecule has 2 aliphatic rings. The van der Waals surface area contributed by atoms with Crippen LogP contribution in [0.3, 0.4) is 0 Å². The molecule has 0 aromatic carbocycles. The smallest absolute Gasteiger partial charge is 0.341 e. The Balaban J connectivity index is 2.33. The fourth-order valence-corrected chi connectivity index (χ4v) is 3.48. The minimum Gasteiger partial charge on any atom is -0.462 e. The van der Waals surface area contributed by atoms with Gasteiger partial charge in [-0.25, -0.2) is 4.79 Å².